The summed E-state index contributed by atoms with van der Waals surface area (Å²) in [6.07, 6.45) is 0.633. The maximum absolute atomic E-state index is 14.6. The second-order valence-electron chi connectivity index (χ2n) is 5.58. The Kier molecular flexibility index (Phi) is 6.31. The van der Waals surface area contributed by atoms with Gasteiger partial charge in [0.15, 0.2) is 0 Å². The van der Waals surface area contributed by atoms with Gasteiger partial charge in [0.25, 0.3) is 5.91 Å². The van der Waals surface area contributed by atoms with Crippen LogP contribution in [0.2, 0.25) is 0 Å². The number of ether oxygens (including phenoxy) is 1. The van der Waals surface area contributed by atoms with E-state index in [-0.39, 0.29) is 29.8 Å². The molecule has 0 aliphatic carbocycles. The van der Waals surface area contributed by atoms with E-state index >= 15 is 0 Å². The Balaban J connectivity index is 0.00000208. The molecule has 0 unspecified atom stereocenters. The van der Waals surface area contributed by atoms with Gasteiger partial charge in [0.1, 0.15) is 5.82 Å². The van der Waals surface area contributed by atoms with Crippen molar-refractivity contribution in [2.45, 2.75) is 19.6 Å². The summed E-state index contributed by atoms with van der Waals surface area (Å²) in [6, 6.07) is 10.6. The summed E-state index contributed by atoms with van der Waals surface area (Å²) in [5.74, 6) is -0.652. The van der Waals surface area contributed by atoms with Gasteiger partial charge >= 0.3 is 0 Å². The van der Waals surface area contributed by atoms with E-state index in [0.29, 0.717) is 30.7 Å². The van der Waals surface area contributed by atoms with Gasteiger partial charge in [-0.3, -0.25) is 4.79 Å². The van der Waals surface area contributed by atoms with E-state index in [4.69, 9.17) is 4.74 Å². The molecule has 0 saturated carbocycles. The van der Waals surface area contributed by atoms with E-state index in [1.807, 2.05) is 12.1 Å². The lowest BCUT2D eigenvalue weighted by molar-refractivity contribution is 0.102. The van der Waals surface area contributed by atoms with Crippen molar-refractivity contribution < 1.29 is 13.9 Å². The number of methoxy groups -OCH3 is 1. The summed E-state index contributed by atoms with van der Waals surface area (Å²) in [4.78, 5) is 12.4. The molecule has 128 valence electrons. The second-order valence-corrected chi connectivity index (χ2v) is 5.58. The van der Waals surface area contributed by atoms with Crippen molar-refractivity contribution in [1.82, 2.24) is 5.32 Å². The van der Waals surface area contributed by atoms with E-state index in [1.165, 1.54) is 0 Å². The van der Waals surface area contributed by atoms with Crippen LogP contribution in [0.3, 0.4) is 0 Å². The number of carbonyl (C=O) groups excluding carboxylic acids is 1. The van der Waals surface area contributed by atoms with Gasteiger partial charge in [0.2, 0.25) is 0 Å². The summed E-state index contributed by atoms with van der Waals surface area (Å²) in [7, 11) is 1.60. The minimum atomic E-state index is -0.328. The summed E-state index contributed by atoms with van der Waals surface area (Å²) < 4.78 is 19.6. The normalized spacial score (nSPS) is 12.9. The van der Waals surface area contributed by atoms with E-state index in [1.54, 1.807) is 31.4 Å². The third-order valence-corrected chi connectivity index (χ3v) is 3.96. The lowest BCUT2D eigenvalue weighted by atomic mass is 9.99. The van der Waals surface area contributed by atoms with Crippen LogP contribution in [0.25, 0.3) is 0 Å². The van der Waals surface area contributed by atoms with Gasteiger partial charge in [0, 0.05) is 19.2 Å². The molecule has 0 saturated heterocycles. The largest absolute Gasteiger partial charge is 0.380 e. The van der Waals surface area contributed by atoms with Gasteiger partial charge in [-0.1, -0.05) is 18.2 Å². The van der Waals surface area contributed by atoms with Gasteiger partial charge in [-0.05, 0) is 47.9 Å². The molecule has 0 spiro atoms. The van der Waals surface area contributed by atoms with Crippen molar-refractivity contribution in [3.63, 3.8) is 0 Å². The fourth-order valence-electron chi connectivity index (χ4n) is 2.79. The number of hydrogen-bond acceptors (Lipinski definition) is 3. The average molecular weight is 351 g/mol. The van der Waals surface area contributed by atoms with Crippen LogP contribution >= 0.6 is 12.4 Å². The van der Waals surface area contributed by atoms with Gasteiger partial charge < -0.3 is 15.4 Å². The van der Waals surface area contributed by atoms with Crippen LogP contribution in [-0.4, -0.2) is 19.6 Å². The molecule has 0 fully saturated rings. The zero-order valence-electron chi connectivity index (χ0n) is 13.4. The van der Waals surface area contributed by atoms with E-state index in [9.17, 15) is 9.18 Å². The van der Waals surface area contributed by atoms with Crippen LogP contribution in [0.4, 0.5) is 10.1 Å². The quantitative estimate of drug-likeness (QED) is 0.889. The van der Waals surface area contributed by atoms with E-state index in [0.717, 1.165) is 17.7 Å². The molecule has 24 heavy (non-hydrogen) atoms. The molecule has 1 amide bonds. The molecule has 0 radical (unpaired) electrons. The Hall–Kier alpha value is -1.95. The number of hydrogen-bond donors (Lipinski definition) is 2. The fourth-order valence-corrected chi connectivity index (χ4v) is 2.79. The van der Waals surface area contributed by atoms with Crippen molar-refractivity contribution in [2.75, 3.05) is 19.0 Å². The average Bonchev–Trinajstić information content (AvgIpc) is 2.58. The molecule has 4 nitrogen and oxygen atoms in total. The first kappa shape index (κ1) is 18.4. The molecular formula is C18H20ClFN2O2. The Morgan fingerprint density at radius 1 is 1.33 bits per heavy atom. The molecule has 6 heteroatoms. The van der Waals surface area contributed by atoms with Crippen molar-refractivity contribution in [1.29, 1.82) is 0 Å². The number of benzene rings is 2. The molecule has 2 aromatic carbocycles. The molecule has 1 aliphatic rings. The van der Waals surface area contributed by atoms with Crippen LogP contribution in [0.15, 0.2) is 36.4 Å². The van der Waals surface area contributed by atoms with Gasteiger partial charge in [0.05, 0.1) is 12.3 Å². The number of fused-ring (bicyclic) bond motifs is 1. The lowest BCUT2D eigenvalue weighted by Gasteiger charge is -2.19. The Bertz CT molecular complexity index is 737. The van der Waals surface area contributed by atoms with Gasteiger partial charge in [-0.2, -0.15) is 0 Å². The minimum Gasteiger partial charge on any atom is -0.380 e. The van der Waals surface area contributed by atoms with Crippen molar-refractivity contribution >= 4 is 24.0 Å². The highest BCUT2D eigenvalue weighted by Gasteiger charge is 2.18. The number of halogens is 2. The first-order chi connectivity index (χ1) is 11.2. The summed E-state index contributed by atoms with van der Waals surface area (Å²) >= 11 is 0. The van der Waals surface area contributed by atoms with Gasteiger partial charge in [-0.15, -0.1) is 12.4 Å². The summed E-state index contributed by atoms with van der Waals surface area (Å²) in [5.41, 5.74) is 3.26. The Labute approximate surface area is 146 Å². The molecule has 2 aromatic rings. The van der Waals surface area contributed by atoms with Crippen molar-refractivity contribution in [2.24, 2.45) is 0 Å². The predicted octanol–water partition coefficient (Wildman–Crippen LogP) is 3.29. The standard InChI is InChI=1S/C18H19FN2O2.ClH/c1-23-11-12-3-2-4-13(9-12)18(22)21-16-6-5-14-10-20-8-7-15(14)17(16)19;/h2-6,9,20H,7-8,10-11H2,1H3,(H,21,22);1H. The van der Waals surface area contributed by atoms with E-state index in [2.05, 4.69) is 10.6 Å². The predicted molar refractivity (Wildman–Crippen MR) is 94.2 cm³/mol. The van der Waals surface area contributed by atoms with Crippen LogP contribution < -0.4 is 10.6 Å². The monoisotopic (exact) mass is 350 g/mol. The van der Waals surface area contributed by atoms with Crippen LogP contribution in [0, 0.1) is 5.82 Å². The smallest absolute Gasteiger partial charge is 0.255 e. The molecule has 0 atom stereocenters. The molecule has 0 bridgehead atoms. The van der Waals surface area contributed by atoms with Crippen molar-refractivity contribution in [3.8, 4) is 0 Å². The molecule has 1 aliphatic heterocycles. The highest BCUT2D eigenvalue weighted by Crippen LogP contribution is 2.25. The first-order valence-corrected chi connectivity index (χ1v) is 7.59. The third-order valence-electron chi connectivity index (χ3n) is 3.96. The van der Waals surface area contributed by atoms with Crippen LogP contribution in [0.1, 0.15) is 27.0 Å². The Morgan fingerprint density at radius 3 is 2.96 bits per heavy atom. The maximum Gasteiger partial charge on any atom is 0.255 e. The topological polar surface area (TPSA) is 50.4 Å². The highest BCUT2D eigenvalue weighted by molar-refractivity contribution is 6.04. The Morgan fingerprint density at radius 2 is 2.17 bits per heavy atom. The second kappa shape index (κ2) is 8.24. The van der Waals surface area contributed by atoms with E-state index < -0.39 is 0 Å². The molecule has 2 N–H and O–H groups in total. The van der Waals surface area contributed by atoms with Crippen LogP contribution in [0.5, 0.6) is 0 Å². The number of carbonyl (C=O) groups is 1. The molecule has 1 heterocycles. The number of nitrogens with one attached hydrogen (secondary N) is 2. The lowest BCUT2D eigenvalue weighted by Crippen LogP contribution is -2.25. The third kappa shape index (κ3) is 3.93. The van der Waals surface area contributed by atoms with Crippen LogP contribution in [-0.2, 0) is 24.3 Å². The number of amides is 1. The van der Waals surface area contributed by atoms with Gasteiger partial charge in [-0.25, -0.2) is 4.39 Å². The summed E-state index contributed by atoms with van der Waals surface area (Å²) in [6.45, 7) is 1.85. The van der Waals surface area contributed by atoms with Crippen molar-refractivity contribution in [3.05, 3.63) is 64.5 Å². The summed E-state index contributed by atoms with van der Waals surface area (Å²) in [5, 5.41) is 5.88. The zero-order valence-corrected chi connectivity index (χ0v) is 14.2. The zero-order chi connectivity index (χ0) is 16.2. The molecule has 3 rings (SSSR count). The molecular weight excluding hydrogens is 331 g/mol. The molecule has 0 aromatic heterocycles. The SMILES string of the molecule is COCc1cccc(C(=O)Nc2ccc3c(c2F)CCNC3)c1.Cl. The fraction of sp³-hybridized carbons (Fsp3) is 0.278. The minimum absolute atomic E-state index is 0. The maximum atomic E-state index is 14.6. The first-order valence-electron chi connectivity index (χ1n) is 7.59. The number of rotatable bonds is 4. The highest BCUT2D eigenvalue weighted by atomic mass is 35.5. The number of anilines is 1.